The highest BCUT2D eigenvalue weighted by Crippen LogP contribution is 2.38. The number of aryl methyl sites for hydroxylation is 1. The summed E-state index contributed by atoms with van der Waals surface area (Å²) in [7, 11) is 0. The lowest BCUT2D eigenvalue weighted by Crippen LogP contribution is -2.34. The molecule has 0 radical (unpaired) electrons. The van der Waals surface area contributed by atoms with Crippen LogP contribution < -0.4 is 4.90 Å². The van der Waals surface area contributed by atoms with Gasteiger partial charge in [0.05, 0.1) is 17.3 Å². The maximum Gasteiger partial charge on any atom is 0.490 e. The summed E-state index contributed by atoms with van der Waals surface area (Å²) >= 11 is 12.5. The molecule has 3 heterocycles. The first-order valence-corrected chi connectivity index (χ1v) is 10.5. The third-order valence-electron chi connectivity index (χ3n) is 4.74. The van der Waals surface area contributed by atoms with Gasteiger partial charge in [0.2, 0.25) is 0 Å². The molecule has 4 rings (SSSR count). The van der Waals surface area contributed by atoms with Gasteiger partial charge in [-0.05, 0) is 37.1 Å². The van der Waals surface area contributed by atoms with Crippen molar-refractivity contribution in [2.75, 3.05) is 18.0 Å². The Balaban J connectivity index is 0.000000360. The first-order chi connectivity index (χ1) is 14.9. The van der Waals surface area contributed by atoms with Crippen molar-refractivity contribution >= 4 is 45.9 Å². The fourth-order valence-electron chi connectivity index (χ4n) is 3.52. The van der Waals surface area contributed by atoms with Gasteiger partial charge in [0.1, 0.15) is 16.7 Å². The third-order valence-corrected chi connectivity index (χ3v) is 5.29. The van der Waals surface area contributed by atoms with Gasteiger partial charge in [0, 0.05) is 29.4 Å². The Morgan fingerprint density at radius 3 is 2.44 bits per heavy atom. The van der Waals surface area contributed by atoms with Crippen molar-refractivity contribution in [3.63, 3.8) is 0 Å². The van der Waals surface area contributed by atoms with E-state index in [-0.39, 0.29) is 0 Å². The molecule has 1 aliphatic rings. The summed E-state index contributed by atoms with van der Waals surface area (Å²) in [5, 5.41) is 13.2. The van der Waals surface area contributed by atoms with Gasteiger partial charge in [-0.25, -0.2) is 9.78 Å². The lowest BCUT2D eigenvalue weighted by Gasteiger charge is -2.31. The number of anilines is 1. The molecule has 11 heteroatoms. The highest BCUT2D eigenvalue weighted by atomic mass is 35.5. The second-order valence-electron chi connectivity index (χ2n) is 7.82. The van der Waals surface area contributed by atoms with E-state index in [1.54, 1.807) is 6.07 Å². The summed E-state index contributed by atoms with van der Waals surface area (Å²) in [4.78, 5) is 16.1. The zero-order valence-electron chi connectivity index (χ0n) is 17.5. The molecular formula is C21H21Cl2F3N4O2. The zero-order chi connectivity index (χ0) is 23.8. The molecule has 1 aromatic carbocycles. The maximum absolute atomic E-state index is 10.6. The molecule has 0 saturated carbocycles. The number of alkyl halides is 3. The highest BCUT2D eigenvalue weighted by Gasteiger charge is 2.38. The molecule has 3 aromatic rings. The quantitative estimate of drug-likeness (QED) is 0.502. The fourth-order valence-corrected chi connectivity index (χ4v) is 4.02. The smallest absolute Gasteiger partial charge is 0.475 e. The van der Waals surface area contributed by atoms with E-state index in [0.29, 0.717) is 16.0 Å². The molecule has 0 saturated heterocycles. The SMILES string of the molecule is Cc1cc2c3c(n1)c(-c1ccc(Cl)cc1Cl)nn3CCN2CC(C)C.O=C(O)C(F)(F)F. The van der Waals surface area contributed by atoms with Crippen molar-refractivity contribution in [3.8, 4) is 11.3 Å². The number of rotatable bonds is 3. The number of nitrogens with zero attached hydrogens (tertiary/aromatic N) is 4. The molecule has 0 fully saturated rings. The van der Waals surface area contributed by atoms with Crippen molar-refractivity contribution in [1.82, 2.24) is 14.8 Å². The molecule has 2 aromatic heterocycles. The van der Waals surface area contributed by atoms with E-state index in [1.807, 2.05) is 19.1 Å². The van der Waals surface area contributed by atoms with E-state index in [0.717, 1.165) is 47.6 Å². The number of aromatic nitrogens is 3. The van der Waals surface area contributed by atoms with Crippen LogP contribution in [0.5, 0.6) is 0 Å². The van der Waals surface area contributed by atoms with Gasteiger partial charge >= 0.3 is 12.1 Å². The molecule has 6 nitrogen and oxygen atoms in total. The Kier molecular flexibility index (Phi) is 6.90. The van der Waals surface area contributed by atoms with Crippen molar-refractivity contribution in [3.05, 3.63) is 40.0 Å². The molecule has 0 spiro atoms. The third kappa shape index (κ3) is 5.10. The largest absolute Gasteiger partial charge is 0.490 e. The summed E-state index contributed by atoms with van der Waals surface area (Å²) in [5.74, 6) is -2.16. The van der Waals surface area contributed by atoms with Crippen LogP contribution in [0.2, 0.25) is 10.0 Å². The lowest BCUT2D eigenvalue weighted by molar-refractivity contribution is -0.192. The molecular weight excluding hydrogens is 468 g/mol. The van der Waals surface area contributed by atoms with E-state index < -0.39 is 12.1 Å². The van der Waals surface area contributed by atoms with Crippen molar-refractivity contribution < 1.29 is 23.1 Å². The normalized spacial score (nSPS) is 13.3. The molecule has 172 valence electrons. The number of halogens is 5. The summed E-state index contributed by atoms with van der Waals surface area (Å²) in [6.45, 7) is 9.36. The molecule has 32 heavy (non-hydrogen) atoms. The molecule has 1 aliphatic heterocycles. The molecule has 1 N–H and O–H groups in total. The number of benzene rings is 1. The van der Waals surface area contributed by atoms with Crippen LogP contribution in [0.15, 0.2) is 24.3 Å². The number of aliphatic carboxylic acids is 1. The Bertz CT molecular complexity index is 1160. The first-order valence-electron chi connectivity index (χ1n) is 9.77. The number of carboxylic acid groups (broad SMARTS) is 1. The van der Waals surface area contributed by atoms with Gasteiger partial charge < -0.3 is 10.0 Å². The predicted molar refractivity (Wildman–Crippen MR) is 118 cm³/mol. The number of pyridine rings is 1. The summed E-state index contributed by atoms with van der Waals surface area (Å²) < 4.78 is 33.8. The van der Waals surface area contributed by atoms with Crippen LogP contribution in [0.4, 0.5) is 18.9 Å². The van der Waals surface area contributed by atoms with Crippen LogP contribution in [0, 0.1) is 12.8 Å². The van der Waals surface area contributed by atoms with Crippen LogP contribution in [0.3, 0.4) is 0 Å². The Hall–Kier alpha value is -2.52. The van der Waals surface area contributed by atoms with Crippen LogP contribution in [-0.2, 0) is 11.3 Å². The van der Waals surface area contributed by atoms with Gasteiger partial charge in [0.25, 0.3) is 0 Å². The van der Waals surface area contributed by atoms with E-state index in [1.165, 1.54) is 5.69 Å². The van der Waals surface area contributed by atoms with Gasteiger partial charge in [-0.3, -0.25) is 4.68 Å². The van der Waals surface area contributed by atoms with Crippen molar-refractivity contribution in [2.24, 2.45) is 5.92 Å². The molecule has 0 atom stereocenters. The van der Waals surface area contributed by atoms with Gasteiger partial charge in [-0.15, -0.1) is 0 Å². The molecule has 0 aliphatic carbocycles. The van der Waals surface area contributed by atoms with Crippen LogP contribution in [0.25, 0.3) is 22.3 Å². The standard InChI is InChI=1S/C19H20Cl2N4.C2HF3O2/c1-11(2)10-24-6-7-25-19-16(24)8-12(3)22-18(19)17(23-25)14-5-4-13(20)9-15(14)21;3-2(4,5)1(6)7/h4-5,8-9,11H,6-7,10H2,1-3H3;(H,6,7). The average molecular weight is 489 g/mol. The van der Waals surface area contributed by atoms with Crippen LogP contribution in [-0.4, -0.2) is 45.1 Å². The maximum atomic E-state index is 10.6. The first kappa shape index (κ1) is 24.1. The highest BCUT2D eigenvalue weighted by molar-refractivity contribution is 6.36. The van der Waals surface area contributed by atoms with Gasteiger partial charge in [0.15, 0.2) is 0 Å². The lowest BCUT2D eigenvalue weighted by atomic mass is 10.1. The monoisotopic (exact) mass is 488 g/mol. The second kappa shape index (κ2) is 9.15. The van der Waals surface area contributed by atoms with Gasteiger partial charge in [-0.2, -0.15) is 18.3 Å². The van der Waals surface area contributed by atoms with E-state index in [4.69, 9.17) is 43.2 Å². The van der Waals surface area contributed by atoms with Gasteiger partial charge in [-0.1, -0.05) is 37.0 Å². The van der Waals surface area contributed by atoms with Crippen LogP contribution >= 0.6 is 23.2 Å². The van der Waals surface area contributed by atoms with Crippen molar-refractivity contribution in [2.45, 2.75) is 33.5 Å². The fraction of sp³-hybridized carbons (Fsp3) is 0.381. The summed E-state index contributed by atoms with van der Waals surface area (Å²) in [5.41, 5.74) is 5.91. The number of carbonyl (C=O) groups is 1. The summed E-state index contributed by atoms with van der Waals surface area (Å²) in [6, 6.07) is 7.68. The Morgan fingerprint density at radius 1 is 1.22 bits per heavy atom. The molecule has 0 unspecified atom stereocenters. The minimum absolute atomic E-state index is 0.599. The van der Waals surface area contributed by atoms with Crippen LogP contribution in [0.1, 0.15) is 19.5 Å². The van der Waals surface area contributed by atoms with E-state index in [9.17, 15) is 13.2 Å². The number of hydrogen-bond acceptors (Lipinski definition) is 4. The second-order valence-corrected chi connectivity index (χ2v) is 8.66. The minimum Gasteiger partial charge on any atom is -0.475 e. The average Bonchev–Trinajstić information content (AvgIpc) is 3.02. The van der Waals surface area contributed by atoms with E-state index in [2.05, 4.69) is 29.5 Å². The minimum atomic E-state index is -5.08. The van der Waals surface area contributed by atoms with E-state index >= 15 is 0 Å². The zero-order valence-corrected chi connectivity index (χ0v) is 19.1. The molecule has 0 bridgehead atoms. The number of hydrogen-bond donors (Lipinski definition) is 1. The Labute approximate surface area is 192 Å². The number of carboxylic acids is 1. The summed E-state index contributed by atoms with van der Waals surface area (Å²) in [6.07, 6.45) is -5.08. The molecule has 0 amide bonds. The topological polar surface area (TPSA) is 71.2 Å². The predicted octanol–water partition coefficient (Wildman–Crippen LogP) is 5.82. The Morgan fingerprint density at radius 2 is 1.88 bits per heavy atom. The van der Waals surface area contributed by atoms with Crippen molar-refractivity contribution in [1.29, 1.82) is 0 Å².